The van der Waals surface area contributed by atoms with Crippen molar-refractivity contribution >= 4 is 23.3 Å². The van der Waals surface area contributed by atoms with Crippen molar-refractivity contribution in [3.8, 4) is 11.4 Å². The van der Waals surface area contributed by atoms with Crippen LogP contribution in [0.2, 0.25) is 0 Å². The Hall–Kier alpha value is -3.19. The van der Waals surface area contributed by atoms with Gasteiger partial charge in [-0.15, -0.1) is 0 Å². The number of aromatic nitrogens is 3. The van der Waals surface area contributed by atoms with Crippen LogP contribution >= 0.6 is 0 Å². The van der Waals surface area contributed by atoms with E-state index in [9.17, 15) is 0 Å². The molecule has 1 aliphatic rings. The quantitative estimate of drug-likeness (QED) is 0.532. The molecule has 0 atom stereocenters. The lowest BCUT2D eigenvalue weighted by Crippen LogP contribution is -2.51. The number of imidazole rings is 1. The highest BCUT2D eigenvalue weighted by atomic mass is 15.1. The minimum Gasteiger partial charge on any atom is -0.404 e. The van der Waals surface area contributed by atoms with E-state index < -0.39 is 0 Å². The second kappa shape index (κ2) is 6.37. The molecule has 1 saturated heterocycles. The standard InChI is InChI=1S/C18H19N7/c19-6-13(7-20)12-4-5-18-22-10-16(25(18)11-12)15-2-1-3-17(24-15)23-14-8-21-9-14/h1-7,10-11,14,19,21H,8-9,20H2,(H,23,24). The van der Waals surface area contributed by atoms with Gasteiger partial charge < -0.3 is 21.8 Å². The monoisotopic (exact) mass is 333 g/mol. The highest BCUT2D eigenvalue weighted by molar-refractivity contribution is 6.08. The normalized spacial score (nSPS) is 15.1. The fraction of sp³-hybridized carbons (Fsp3) is 0.167. The number of anilines is 1. The lowest BCUT2D eigenvalue weighted by molar-refractivity contribution is 0.471. The summed E-state index contributed by atoms with van der Waals surface area (Å²) in [4.78, 5) is 9.17. The number of nitrogens with two attached hydrogens (primary N) is 1. The van der Waals surface area contributed by atoms with Crippen molar-refractivity contribution in [2.75, 3.05) is 18.4 Å². The average Bonchev–Trinajstić information content (AvgIpc) is 3.03. The SMILES string of the molecule is N=CC(=CN)c1ccc2ncc(-c3cccc(NC4CNC4)n3)n2c1. The summed E-state index contributed by atoms with van der Waals surface area (Å²) in [6.07, 6.45) is 6.42. The molecule has 5 N–H and O–H groups in total. The molecular formula is C18H19N7. The zero-order valence-electron chi connectivity index (χ0n) is 13.6. The maximum Gasteiger partial charge on any atom is 0.137 e. The van der Waals surface area contributed by atoms with Crippen LogP contribution in [-0.4, -0.2) is 39.7 Å². The summed E-state index contributed by atoms with van der Waals surface area (Å²) in [5.74, 6) is 0.858. The van der Waals surface area contributed by atoms with Crippen LogP contribution in [-0.2, 0) is 0 Å². The maximum atomic E-state index is 7.48. The Kier molecular flexibility index (Phi) is 3.91. The fourth-order valence-electron chi connectivity index (χ4n) is 2.83. The van der Waals surface area contributed by atoms with Gasteiger partial charge in [0.1, 0.15) is 11.5 Å². The third-order valence-corrected chi connectivity index (χ3v) is 4.32. The Balaban J connectivity index is 1.74. The zero-order chi connectivity index (χ0) is 17.2. The van der Waals surface area contributed by atoms with Crippen LogP contribution in [0.25, 0.3) is 22.6 Å². The van der Waals surface area contributed by atoms with Crippen molar-refractivity contribution in [2.45, 2.75) is 6.04 Å². The molecule has 1 aliphatic heterocycles. The van der Waals surface area contributed by atoms with E-state index in [-0.39, 0.29) is 0 Å². The minimum atomic E-state index is 0.432. The molecule has 0 aliphatic carbocycles. The van der Waals surface area contributed by atoms with Crippen LogP contribution in [0.15, 0.2) is 48.9 Å². The molecule has 25 heavy (non-hydrogen) atoms. The van der Waals surface area contributed by atoms with E-state index in [2.05, 4.69) is 15.6 Å². The lowest BCUT2D eigenvalue weighted by atomic mass is 10.1. The molecule has 126 valence electrons. The molecule has 4 rings (SSSR count). The third-order valence-electron chi connectivity index (χ3n) is 4.32. The molecule has 0 aromatic carbocycles. The van der Waals surface area contributed by atoms with Crippen LogP contribution in [0.5, 0.6) is 0 Å². The number of hydrogen-bond donors (Lipinski definition) is 4. The van der Waals surface area contributed by atoms with Gasteiger partial charge in [0, 0.05) is 42.8 Å². The Morgan fingerprint density at radius 3 is 2.92 bits per heavy atom. The van der Waals surface area contributed by atoms with Crippen molar-refractivity contribution in [1.82, 2.24) is 19.7 Å². The van der Waals surface area contributed by atoms with Gasteiger partial charge in [0.25, 0.3) is 0 Å². The van der Waals surface area contributed by atoms with Crippen LogP contribution in [0.3, 0.4) is 0 Å². The fourth-order valence-corrected chi connectivity index (χ4v) is 2.83. The molecule has 7 heteroatoms. The summed E-state index contributed by atoms with van der Waals surface area (Å²) >= 11 is 0. The highest BCUT2D eigenvalue weighted by Gasteiger charge is 2.17. The number of fused-ring (bicyclic) bond motifs is 1. The van der Waals surface area contributed by atoms with Gasteiger partial charge in [-0.1, -0.05) is 6.07 Å². The average molecular weight is 333 g/mol. The Morgan fingerprint density at radius 1 is 1.32 bits per heavy atom. The first-order valence-corrected chi connectivity index (χ1v) is 8.13. The Morgan fingerprint density at radius 2 is 2.20 bits per heavy atom. The van der Waals surface area contributed by atoms with E-state index in [0.717, 1.165) is 41.5 Å². The first-order chi connectivity index (χ1) is 12.3. The van der Waals surface area contributed by atoms with Crippen LogP contribution in [0, 0.1) is 5.41 Å². The first-order valence-electron chi connectivity index (χ1n) is 8.13. The number of nitrogens with zero attached hydrogens (tertiary/aromatic N) is 3. The number of nitrogens with one attached hydrogen (secondary N) is 3. The van der Waals surface area contributed by atoms with Gasteiger partial charge in [0.2, 0.25) is 0 Å². The molecule has 4 heterocycles. The van der Waals surface area contributed by atoms with Crippen molar-refractivity contribution in [3.05, 3.63) is 54.5 Å². The van der Waals surface area contributed by atoms with E-state index in [1.165, 1.54) is 12.4 Å². The van der Waals surface area contributed by atoms with Gasteiger partial charge in [-0.2, -0.15) is 0 Å². The van der Waals surface area contributed by atoms with E-state index in [0.29, 0.717) is 11.6 Å². The zero-order valence-corrected chi connectivity index (χ0v) is 13.6. The summed E-state index contributed by atoms with van der Waals surface area (Å²) in [7, 11) is 0. The second-order valence-electron chi connectivity index (χ2n) is 5.96. The van der Waals surface area contributed by atoms with Gasteiger partial charge in [0.15, 0.2) is 0 Å². The number of pyridine rings is 2. The molecule has 0 radical (unpaired) electrons. The molecule has 0 saturated carbocycles. The first kappa shape index (κ1) is 15.3. The van der Waals surface area contributed by atoms with E-state index in [4.69, 9.17) is 16.1 Å². The topological polar surface area (TPSA) is 104 Å². The summed E-state index contributed by atoms with van der Waals surface area (Å²) < 4.78 is 1.97. The van der Waals surface area contributed by atoms with Crippen molar-refractivity contribution in [1.29, 1.82) is 5.41 Å². The van der Waals surface area contributed by atoms with E-state index in [1.54, 1.807) is 0 Å². The van der Waals surface area contributed by atoms with Gasteiger partial charge in [0.05, 0.1) is 23.6 Å². The summed E-state index contributed by atoms with van der Waals surface area (Å²) in [5, 5.41) is 14.1. The van der Waals surface area contributed by atoms with Gasteiger partial charge in [-0.25, -0.2) is 9.97 Å². The third kappa shape index (κ3) is 2.85. The smallest absolute Gasteiger partial charge is 0.137 e. The molecule has 7 nitrogen and oxygen atoms in total. The number of rotatable bonds is 5. The van der Waals surface area contributed by atoms with Crippen molar-refractivity contribution in [3.63, 3.8) is 0 Å². The molecule has 0 unspecified atom stereocenters. The van der Waals surface area contributed by atoms with Crippen molar-refractivity contribution in [2.24, 2.45) is 5.73 Å². The molecule has 0 amide bonds. The Labute approximate surface area is 145 Å². The number of allylic oxidation sites excluding steroid dienone is 1. The van der Waals surface area contributed by atoms with Gasteiger partial charge in [-0.3, -0.25) is 4.40 Å². The van der Waals surface area contributed by atoms with Crippen LogP contribution in [0.4, 0.5) is 5.82 Å². The summed E-state index contributed by atoms with van der Waals surface area (Å²) in [5.41, 5.74) is 9.68. The van der Waals surface area contributed by atoms with Crippen molar-refractivity contribution < 1.29 is 0 Å². The Bertz CT molecular complexity index is 953. The molecule has 0 spiro atoms. The number of hydrogen-bond acceptors (Lipinski definition) is 6. The molecular weight excluding hydrogens is 314 g/mol. The van der Waals surface area contributed by atoms with Gasteiger partial charge in [-0.05, 0) is 24.3 Å². The molecule has 3 aromatic rings. The van der Waals surface area contributed by atoms with E-state index in [1.807, 2.05) is 47.1 Å². The summed E-state index contributed by atoms with van der Waals surface area (Å²) in [6, 6.07) is 10.2. The second-order valence-corrected chi connectivity index (χ2v) is 5.96. The molecule has 0 bridgehead atoms. The highest BCUT2D eigenvalue weighted by Crippen LogP contribution is 2.23. The van der Waals surface area contributed by atoms with Crippen LogP contribution < -0.4 is 16.4 Å². The summed E-state index contributed by atoms with van der Waals surface area (Å²) in [6.45, 7) is 1.92. The minimum absolute atomic E-state index is 0.432. The molecule has 1 fully saturated rings. The van der Waals surface area contributed by atoms with Gasteiger partial charge >= 0.3 is 0 Å². The predicted octanol–water partition coefficient (Wildman–Crippen LogP) is 1.73. The maximum absolute atomic E-state index is 7.48. The predicted molar refractivity (Wildman–Crippen MR) is 99.7 cm³/mol. The molecule has 3 aromatic heterocycles. The van der Waals surface area contributed by atoms with Crippen LogP contribution in [0.1, 0.15) is 5.56 Å². The largest absolute Gasteiger partial charge is 0.404 e. The van der Waals surface area contributed by atoms with E-state index >= 15 is 0 Å². The lowest BCUT2D eigenvalue weighted by Gasteiger charge is -2.28.